The lowest BCUT2D eigenvalue weighted by Crippen LogP contribution is -2.19. The molecule has 4 rings (SSSR count). The first-order chi connectivity index (χ1) is 13.1. The summed E-state index contributed by atoms with van der Waals surface area (Å²) in [6.45, 7) is 0.473. The fourth-order valence-electron chi connectivity index (χ4n) is 3.27. The molecule has 0 atom stereocenters. The third-order valence-corrected chi connectivity index (χ3v) is 5.09. The quantitative estimate of drug-likeness (QED) is 0.656. The first kappa shape index (κ1) is 17.3. The Morgan fingerprint density at radius 3 is 2.30 bits per heavy atom. The van der Waals surface area contributed by atoms with Gasteiger partial charge in [0.15, 0.2) is 0 Å². The zero-order valence-electron chi connectivity index (χ0n) is 14.7. The summed E-state index contributed by atoms with van der Waals surface area (Å²) in [5, 5.41) is 9.36. The Bertz CT molecular complexity index is 961. The van der Waals surface area contributed by atoms with Gasteiger partial charge in [0.25, 0.3) is 0 Å². The predicted molar refractivity (Wildman–Crippen MR) is 101 cm³/mol. The number of carbonyl (C=O) groups is 1. The molecule has 0 aromatic heterocycles. The number of carboxylic acid groups (broad SMARTS) is 1. The standard InChI is InChI=1S/C23H19FO3/c24-21-14-18(23(12-13-23)22(25)26)8-11-20(21)17-6-9-19(10-7-17)27-15-16-4-2-1-3-5-16/h1-11,14H,12-13,15H2,(H,25,26). The molecular formula is C23H19FO3. The van der Waals surface area contributed by atoms with Gasteiger partial charge in [0.1, 0.15) is 18.2 Å². The number of ether oxygens (including phenoxy) is 1. The average Bonchev–Trinajstić information content (AvgIpc) is 3.50. The molecule has 136 valence electrons. The zero-order valence-corrected chi connectivity index (χ0v) is 14.7. The van der Waals surface area contributed by atoms with Crippen LogP contribution in [0.4, 0.5) is 4.39 Å². The van der Waals surface area contributed by atoms with Crippen molar-refractivity contribution in [2.75, 3.05) is 0 Å². The average molecular weight is 362 g/mol. The molecule has 0 spiro atoms. The van der Waals surface area contributed by atoms with E-state index in [9.17, 15) is 14.3 Å². The Morgan fingerprint density at radius 1 is 1.00 bits per heavy atom. The van der Waals surface area contributed by atoms with Gasteiger partial charge in [0.2, 0.25) is 0 Å². The lowest BCUT2D eigenvalue weighted by molar-refractivity contribution is -0.140. The van der Waals surface area contributed by atoms with Crippen molar-refractivity contribution in [1.82, 2.24) is 0 Å². The van der Waals surface area contributed by atoms with E-state index in [4.69, 9.17) is 4.74 Å². The molecule has 1 aliphatic rings. The van der Waals surface area contributed by atoms with Gasteiger partial charge in [-0.2, -0.15) is 0 Å². The van der Waals surface area contributed by atoms with E-state index in [1.807, 2.05) is 54.6 Å². The number of rotatable bonds is 6. The molecule has 4 heteroatoms. The molecule has 0 heterocycles. The lowest BCUT2D eigenvalue weighted by atomic mass is 9.93. The molecule has 0 bridgehead atoms. The van der Waals surface area contributed by atoms with Crippen molar-refractivity contribution >= 4 is 5.97 Å². The maximum absolute atomic E-state index is 14.6. The summed E-state index contributed by atoms with van der Waals surface area (Å²) < 4.78 is 20.4. The number of halogens is 1. The molecule has 1 N–H and O–H groups in total. The van der Waals surface area contributed by atoms with Gasteiger partial charge in [-0.3, -0.25) is 4.79 Å². The minimum atomic E-state index is -0.894. The van der Waals surface area contributed by atoms with E-state index >= 15 is 0 Å². The first-order valence-electron chi connectivity index (χ1n) is 8.89. The van der Waals surface area contributed by atoms with Crippen LogP contribution in [0.25, 0.3) is 11.1 Å². The van der Waals surface area contributed by atoms with Gasteiger partial charge < -0.3 is 9.84 Å². The maximum Gasteiger partial charge on any atom is 0.314 e. The van der Waals surface area contributed by atoms with Gasteiger partial charge in [-0.25, -0.2) is 4.39 Å². The topological polar surface area (TPSA) is 46.5 Å². The van der Waals surface area contributed by atoms with Crippen molar-refractivity contribution in [2.24, 2.45) is 0 Å². The molecular weight excluding hydrogens is 343 g/mol. The van der Waals surface area contributed by atoms with Gasteiger partial charge in [-0.05, 0) is 47.7 Å². The van der Waals surface area contributed by atoms with E-state index in [0.29, 0.717) is 36.3 Å². The molecule has 3 nitrogen and oxygen atoms in total. The van der Waals surface area contributed by atoms with Gasteiger partial charge in [-0.1, -0.05) is 54.6 Å². The summed E-state index contributed by atoms with van der Waals surface area (Å²) in [6.07, 6.45) is 1.13. The van der Waals surface area contributed by atoms with Crippen molar-refractivity contribution in [1.29, 1.82) is 0 Å². The van der Waals surface area contributed by atoms with Crippen LogP contribution in [-0.4, -0.2) is 11.1 Å². The molecule has 0 unspecified atom stereocenters. The van der Waals surface area contributed by atoms with Crippen LogP contribution >= 0.6 is 0 Å². The third kappa shape index (κ3) is 3.43. The summed E-state index contributed by atoms with van der Waals surface area (Å²) >= 11 is 0. The second kappa shape index (κ2) is 6.88. The molecule has 0 radical (unpaired) electrons. The monoisotopic (exact) mass is 362 g/mol. The molecule has 1 fully saturated rings. The molecule has 1 saturated carbocycles. The minimum Gasteiger partial charge on any atom is -0.489 e. The van der Waals surface area contributed by atoms with Crippen LogP contribution < -0.4 is 4.74 Å². The van der Waals surface area contributed by atoms with Crippen LogP contribution in [-0.2, 0) is 16.8 Å². The SMILES string of the molecule is O=C(O)C1(c2ccc(-c3ccc(OCc4ccccc4)cc3)c(F)c2)CC1. The summed E-state index contributed by atoms with van der Waals surface area (Å²) in [7, 11) is 0. The highest BCUT2D eigenvalue weighted by atomic mass is 19.1. The largest absolute Gasteiger partial charge is 0.489 e. The maximum atomic E-state index is 14.6. The molecule has 0 amide bonds. The van der Waals surface area contributed by atoms with Gasteiger partial charge in [-0.15, -0.1) is 0 Å². The van der Waals surface area contributed by atoms with Crippen molar-refractivity contribution in [3.05, 3.63) is 89.7 Å². The van der Waals surface area contributed by atoms with Crippen molar-refractivity contribution in [3.63, 3.8) is 0 Å². The molecule has 0 saturated heterocycles. The van der Waals surface area contributed by atoms with E-state index in [1.54, 1.807) is 12.1 Å². The van der Waals surface area contributed by atoms with E-state index in [1.165, 1.54) is 6.07 Å². The highest BCUT2D eigenvalue weighted by molar-refractivity contribution is 5.85. The third-order valence-electron chi connectivity index (χ3n) is 5.09. The van der Waals surface area contributed by atoms with Crippen LogP contribution in [0.15, 0.2) is 72.8 Å². The fourth-order valence-corrected chi connectivity index (χ4v) is 3.27. The Labute approximate surface area is 157 Å². The Balaban J connectivity index is 1.50. The normalized spacial score (nSPS) is 14.6. The molecule has 1 aliphatic carbocycles. The predicted octanol–water partition coefficient (Wildman–Crippen LogP) is 5.19. The van der Waals surface area contributed by atoms with Gasteiger partial charge >= 0.3 is 5.97 Å². The summed E-state index contributed by atoms with van der Waals surface area (Å²) in [6, 6.07) is 21.9. The second-order valence-corrected chi connectivity index (χ2v) is 6.88. The molecule has 0 aliphatic heterocycles. The Morgan fingerprint density at radius 2 is 1.70 bits per heavy atom. The van der Waals surface area contributed by atoms with Crippen molar-refractivity contribution < 1.29 is 19.0 Å². The number of benzene rings is 3. The number of hydrogen-bond donors (Lipinski definition) is 1. The summed E-state index contributed by atoms with van der Waals surface area (Å²) in [4.78, 5) is 11.4. The van der Waals surface area contributed by atoms with Crippen LogP contribution in [0.1, 0.15) is 24.0 Å². The van der Waals surface area contributed by atoms with Crippen LogP contribution in [0.3, 0.4) is 0 Å². The first-order valence-corrected chi connectivity index (χ1v) is 8.89. The summed E-state index contributed by atoms with van der Waals surface area (Å²) in [5.41, 5.74) is 1.91. The molecule has 27 heavy (non-hydrogen) atoms. The smallest absolute Gasteiger partial charge is 0.314 e. The number of hydrogen-bond acceptors (Lipinski definition) is 2. The molecule has 3 aromatic rings. The number of aliphatic carboxylic acids is 1. The Kier molecular flexibility index (Phi) is 4.40. The highest BCUT2D eigenvalue weighted by Gasteiger charge is 2.51. The van der Waals surface area contributed by atoms with Crippen LogP contribution in [0.5, 0.6) is 5.75 Å². The minimum absolute atomic E-state index is 0.405. The van der Waals surface area contributed by atoms with E-state index in [0.717, 1.165) is 11.1 Å². The fraction of sp³-hybridized carbons (Fsp3) is 0.174. The second-order valence-electron chi connectivity index (χ2n) is 6.88. The zero-order chi connectivity index (χ0) is 18.9. The van der Waals surface area contributed by atoms with Gasteiger partial charge in [0, 0.05) is 5.56 Å². The summed E-state index contributed by atoms with van der Waals surface area (Å²) in [5.74, 6) is -0.574. The van der Waals surface area contributed by atoms with Crippen molar-refractivity contribution in [2.45, 2.75) is 24.9 Å². The van der Waals surface area contributed by atoms with Gasteiger partial charge in [0.05, 0.1) is 5.41 Å². The van der Waals surface area contributed by atoms with E-state index in [2.05, 4.69) is 0 Å². The molecule has 3 aromatic carbocycles. The lowest BCUT2D eigenvalue weighted by Gasteiger charge is -2.12. The van der Waals surface area contributed by atoms with E-state index < -0.39 is 17.2 Å². The van der Waals surface area contributed by atoms with Crippen LogP contribution in [0.2, 0.25) is 0 Å². The van der Waals surface area contributed by atoms with Crippen molar-refractivity contribution in [3.8, 4) is 16.9 Å². The van der Waals surface area contributed by atoms with E-state index in [-0.39, 0.29) is 0 Å². The number of carboxylic acids is 1. The highest BCUT2D eigenvalue weighted by Crippen LogP contribution is 2.49. The van der Waals surface area contributed by atoms with Crippen LogP contribution in [0, 0.1) is 5.82 Å². The Hall–Kier alpha value is -3.14.